The summed E-state index contributed by atoms with van der Waals surface area (Å²) in [5.41, 5.74) is 0. The third-order valence-electron chi connectivity index (χ3n) is 3.50. The highest BCUT2D eigenvalue weighted by Crippen LogP contribution is 2.25. The molecular formula is C12H23NO. The number of Topliss-reactive ketones (excluding diaryl/α,β-unsaturated/α-hetero) is 1. The average molecular weight is 197 g/mol. The maximum atomic E-state index is 11.5. The third-order valence-corrected chi connectivity index (χ3v) is 3.50. The van der Waals surface area contributed by atoms with Gasteiger partial charge in [-0.3, -0.25) is 9.69 Å². The zero-order valence-electron chi connectivity index (χ0n) is 9.75. The van der Waals surface area contributed by atoms with Crippen molar-refractivity contribution < 1.29 is 4.79 Å². The maximum Gasteiger partial charge on any atom is 0.149 e. The molecule has 1 fully saturated rings. The third kappa shape index (κ3) is 3.09. The highest BCUT2D eigenvalue weighted by molar-refractivity contribution is 5.83. The van der Waals surface area contributed by atoms with Crippen molar-refractivity contribution in [3.63, 3.8) is 0 Å². The lowest BCUT2D eigenvalue weighted by Gasteiger charge is -2.26. The fourth-order valence-corrected chi connectivity index (χ4v) is 2.30. The van der Waals surface area contributed by atoms with Crippen LogP contribution >= 0.6 is 0 Å². The van der Waals surface area contributed by atoms with Crippen LogP contribution in [0.3, 0.4) is 0 Å². The SMILES string of the molecule is CCC(=O)C(C)N(C)CC1CCCC1. The normalized spacial score (nSPS) is 20.3. The summed E-state index contributed by atoms with van der Waals surface area (Å²) in [7, 11) is 2.08. The predicted octanol–water partition coefficient (Wildman–Crippen LogP) is 2.48. The summed E-state index contributed by atoms with van der Waals surface area (Å²) >= 11 is 0. The fourth-order valence-electron chi connectivity index (χ4n) is 2.30. The Kier molecular flexibility index (Phi) is 4.59. The molecule has 82 valence electrons. The van der Waals surface area contributed by atoms with Crippen LogP contribution in [0.1, 0.15) is 46.0 Å². The van der Waals surface area contributed by atoms with Gasteiger partial charge in [-0.1, -0.05) is 19.8 Å². The van der Waals surface area contributed by atoms with Gasteiger partial charge in [0.25, 0.3) is 0 Å². The zero-order valence-corrected chi connectivity index (χ0v) is 9.75. The molecule has 1 rings (SSSR count). The monoisotopic (exact) mass is 197 g/mol. The number of carbonyl (C=O) groups excluding carboxylic acids is 1. The average Bonchev–Trinajstić information content (AvgIpc) is 2.68. The van der Waals surface area contributed by atoms with Crippen molar-refractivity contribution in [2.45, 2.75) is 52.0 Å². The number of hydrogen-bond donors (Lipinski definition) is 0. The number of likely N-dealkylation sites (N-methyl/N-ethyl adjacent to an activating group) is 1. The van der Waals surface area contributed by atoms with Crippen LogP contribution in [-0.4, -0.2) is 30.3 Å². The van der Waals surface area contributed by atoms with Crippen LogP contribution in [0, 0.1) is 5.92 Å². The molecule has 1 saturated carbocycles. The van der Waals surface area contributed by atoms with Crippen LogP contribution < -0.4 is 0 Å². The van der Waals surface area contributed by atoms with Crippen LogP contribution in [0.15, 0.2) is 0 Å². The first-order valence-electron chi connectivity index (χ1n) is 5.88. The Balaban J connectivity index is 2.32. The summed E-state index contributed by atoms with van der Waals surface area (Å²) < 4.78 is 0. The molecule has 1 atom stereocenters. The molecule has 0 aromatic heterocycles. The molecule has 1 unspecified atom stereocenters. The highest BCUT2D eigenvalue weighted by Gasteiger charge is 2.21. The second-order valence-electron chi connectivity index (χ2n) is 4.59. The second kappa shape index (κ2) is 5.50. The molecule has 0 N–H and O–H groups in total. The van der Waals surface area contributed by atoms with Crippen molar-refractivity contribution in [2.75, 3.05) is 13.6 Å². The van der Waals surface area contributed by atoms with Gasteiger partial charge in [-0.25, -0.2) is 0 Å². The molecule has 0 bridgehead atoms. The van der Waals surface area contributed by atoms with E-state index in [9.17, 15) is 4.79 Å². The van der Waals surface area contributed by atoms with Gasteiger partial charge < -0.3 is 0 Å². The summed E-state index contributed by atoms with van der Waals surface area (Å²) in [6.07, 6.45) is 6.15. The molecule has 0 radical (unpaired) electrons. The molecule has 0 aliphatic heterocycles. The molecule has 0 aromatic carbocycles. The lowest BCUT2D eigenvalue weighted by molar-refractivity contribution is -0.123. The topological polar surface area (TPSA) is 20.3 Å². The smallest absolute Gasteiger partial charge is 0.149 e. The van der Waals surface area contributed by atoms with Crippen LogP contribution in [0.25, 0.3) is 0 Å². The minimum atomic E-state index is 0.112. The first kappa shape index (κ1) is 11.7. The van der Waals surface area contributed by atoms with E-state index in [4.69, 9.17) is 0 Å². The number of ketones is 1. The van der Waals surface area contributed by atoms with E-state index in [1.54, 1.807) is 0 Å². The zero-order chi connectivity index (χ0) is 10.6. The first-order chi connectivity index (χ1) is 6.65. The van der Waals surface area contributed by atoms with Gasteiger partial charge in [-0.15, -0.1) is 0 Å². The van der Waals surface area contributed by atoms with E-state index in [-0.39, 0.29) is 6.04 Å². The molecule has 0 saturated heterocycles. The van der Waals surface area contributed by atoms with Gasteiger partial charge in [0.1, 0.15) is 5.78 Å². The molecule has 0 spiro atoms. The van der Waals surface area contributed by atoms with Gasteiger partial charge in [0.05, 0.1) is 6.04 Å². The predicted molar refractivity (Wildman–Crippen MR) is 59.3 cm³/mol. The van der Waals surface area contributed by atoms with Crippen molar-refractivity contribution in [2.24, 2.45) is 5.92 Å². The van der Waals surface area contributed by atoms with Crippen molar-refractivity contribution >= 4 is 5.78 Å². The van der Waals surface area contributed by atoms with E-state index in [2.05, 4.69) is 11.9 Å². The molecule has 2 nitrogen and oxygen atoms in total. The number of carbonyl (C=O) groups is 1. The van der Waals surface area contributed by atoms with E-state index in [1.807, 2.05) is 13.8 Å². The Morgan fingerprint density at radius 3 is 2.50 bits per heavy atom. The molecular weight excluding hydrogens is 174 g/mol. The minimum absolute atomic E-state index is 0.112. The first-order valence-corrected chi connectivity index (χ1v) is 5.88. The molecule has 1 aliphatic carbocycles. The van der Waals surface area contributed by atoms with E-state index >= 15 is 0 Å². The lowest BCUT2D eigenvalue weighted by Crippen LogP contribution is -2.38. The second-order valence-corrected chi connectivity index (χ2v) is 4.59. The minimum Gasteiger partial charge on any atom is -0.298 e. The summed E-state index contributed by atoms with van der Waals surface area (Å²) in [4.78, 5) is 13.7. The number of hydrogen-bond acceptors (Lipinski definition) is 2. The van der Waals surface area contributed by atoms with E-state index in [1.165, 1.54) is 25.7 Å². The van der Waals surface area contributed by atoms with Crippen molar-refractivity contribution in [3.8, 4) is 0 Å². The summed E-state index contributed by atoms with van der Waals surface area (Å²) in [5, 5.41) is 0. The standard InChI is InChI=1S/C12H23NO/c1-4-12(14)10(2)13(3)9-11-7-5-6-8-11/h10-11H,4-9H2,1-3H3. The summed E-state index contributed by atoms with van der Waals surface area (Å²) in [6, 6.07) is 0.112. The maximum absolute atomic E-state index is 11.5. The van der Waals surface area contributed by atoms with E-state index < -0.39 is 0 Å². The lowest BCUT2D eigenvalue weighted by atomic mass is 10.1. The quantitative estimate of drug-likeness (QED) is 0.675. The Morgan fingerprint density at radius 1 is 1.43 bits per heavy atom. The van der Waals surface area contributed by atoms with Crippen molar-refractivity contribution in [1.29, 1.82) is 0 Å². The fraction of sp³-hybridized carbons (Fsp3) is 0.917. The number of rotatable bonds is 5. The molecule has 0 amide bonds. The van der Waals surface area contributed by atoms with Crippen LogP contribution in [0.4, 0.5) is 0 Å². The van der Waals surface area contributed by atoms with Gasteiger partial charge in [-0.2, -0.15) is 0 Å². The molecule has 14 heavy (non-hydrogen) atoms. The van der Waals surface area contributed by atoms with Crippen LogP contribution in [0.5, 0.6) is 0 Å². The van der Waals surface area contributed by atoms with E-state index in [0.717, 1.165) is 12.5 Å². The Hall–Kier alpha value is -0.370. The van der Waals surface area contributed by atoms with Gasteiger partial charge in [0, 0.05) is 13.0 Å². The van der Waals surface area contributed by atoms with Crippen molar-refractivity contribution in [3.05, 3.63) is 0 Å². The molecule has 0 aromatic rings. The van der Waals surface area contributed by atoms with Gasteiger partial charge in [0.2, 0.25) is 0 Å². The summed E-state index contributed by atoms with van der Waals surface area (Å²) in [5.74, 6) is 1.21. The molecule has 1 aliphatic rings. The van der Waals surface area contributed by atoms with Gasteiger partial charge in [0.15, 0.2) is 0 Å². The van der Waals surface area contributed by atoms with Crippen LogP contribution in [0.2, 0.25) is 0 Å². The number of nitrogens with zero attached hydrogens (tertiary/aromatic N) is 1. The highest BCUT2D eigenvalue weighted by atomic mass is 16.1. The Bertz CT molecular complexity index is 185. The van der Waals surface area contributed by atoms with Gasteiger partial charge in [-0.05, 0) is 32.7 Å². The van der Waals surface area contributed by atoms with Crippen LogP contribution in [-0.2, 0) is 4.79 Å². The molecule has 0 heterocycles. The Morgan fingerprint density at radius 2 is 2.00 bits per heavy atom. The molecule has 2 heteroatoms. The van der Waals surface area contributed by atoms with E-state index in [0.29, 0.717) is 12.2 Å². The van der Waals surface area contributed by atoms with Gasteiger partial charge >= 0.3 is 0 Å². The summed E-state index contributed by atoms with van der Waals surface area (Å²) in [6.45, 7) is 5.08. The van der Waals surface area contributed by atoms with Crippen molar-refractivity contribution in [1.82, 2.24) is 4.90 Å². The largest absolute Gasteiger partial charge is 0.298 e. The Labute approximate surface area is 87.7 Å².